The second kappa shape index (κ2) is 6.41. The van der Waals surface area contributed by atoms with Crippen LogP contribution in [0.5, 0.6) is 0 Å². The van der Waals surface area contributed by atoms with Gasteiger partial charge in [-0.25, -0.2) is 13.4 Å². The van der Waals surface area contributed by atoms with Crippen molar-refractivity contribution in [1.29, 1.82) is 0 Å². The topological polar surface area (TPSA) is 69.0 Å². The van der Waals surface area contributed by atoms with Gasteiger partial charge < -0.3 is 9.36 Å². The van der Waals surface area contributed by atoms with E-state index >= 15 is 0 Å². The normalized spacial score (nSPS) is 11.4. The van der Waals surface area contributed by atoms with Gasteiger partial charge >= 0.3 is 0 Å². The molecule has 0 N–H and O–H groups in total. The first-order valence-corrected chi connectivity index (χ1v) is 9.26. The van der Waals surface area contributed by atoms with Crippen LogP contribution in [0.25, 0.3) is 22.5 Å². The molecule has 0 fully saturated rings. The second-order valence-electron chi connectivity index (χ2n) is 5.37. The van der Waals surface area contributed by atoms with Crippen LogP contribution in [0.15, 0.2) is 65.8 Å². The molecule has 0 saturated heterocycles. The first kappa shape index (κ1) is 16.1. The van der Waals surface area contributed by atoms with Crippen LogP contribution in [0.2, 0.25) is 0 Å². The third-order valence-corrected chi connectivity index (χ3v) is 4.59. The average Bonchev–Trinajstić information content (AvgIpc) is 2.96. The minimum Gasteiger partial charge on any atom is -0.307 e. The van der Waals surface area contributed by atoms with Crippen molar-refractivity contribution < 1.29 is 13.2 Å². The van der Waals surface area contributed by atoms with Crippen LogP contribution >= 0.6 is 0 Å². The zero-order valence-corrected chi connectivity index (χ0v) is 13.9. The van der Waals surface area contributed by atoms with Crippen LogP contribution in [0.1, 0.15) is 0 Å². The monoisotopic (exact) mass is 340 g/mol. The maximum atomic E-state index is 12.2. The van der Waals surface area contributed by atoms with Crippen molar-refractivity contribution in [2.45, 2.75) is 11.7 Å². The number of benzene rings is 2. The summed E-state index contributed by atoms with van der Waals surface area (Å²) >= 11 is 0. The summed E-state index contributed by atoms with van der Waals surface area (Å²) < 4.78 is 25.8. The zero-order valence-electron chi connectivity index (χ0n) is 13.1. The minimum atomic E-state index is -3.58. The van der Waals surface area contributed by atoms with Crippen molar-refractivity contribution in [3.8, 4) is 22.5 Å². The van der Waals surface area contributed by atoms with Gasteiger partial charge in [-0.3, -0.25) is 0 Å². The Kier molecular flexibility index (Phi) is 4.31. The van der Waals surface area contributed by atoms with Gasteiger partial charge in [0.1, 0.15) is 6.29 Å². The van der Waals surface area contributed by atoms with Crippen molar-refractivity contribution >= 4 is 16.1 Å². The van der Waals surface area contributed by atoms with Crippen molar-refractivity contribution in [2.24, 2.45) is 0 Å². The van der Waals surface area contributed by atoms with E-state index in [4.69, 9.17) is 0 Å². The van der Waals surface area contributed by atoms with Crippen molar-refractivity contribution in [2.75, 3.05) is 6.26 Å². The van der Waals surface area contributed by atoms with Crippen LogP contribution < -0.4 is 0 Å². The molecule has 2 aromatic carbocycles. The number of hydrogen-bond donors (Lipinski definition) is 0. The van der Waals surface area contributed by atoms with Crippen LogP contribution in [0.4, 0.5) is 0 Å². The van der Waals surface area contributed by atoms with E-state index in [2.05, 4.69) is 4.98 Å². The zero-order chi connectivity index (χ0) is 17.2. The summed E-state index contributed by atoms with van der Waals surface area (Å²) in [4.78, 5) is 15.5. The summed E-state index contributed by atoms with van der Waals surface area (Å²) in [6.07, 6.45) is 1.78. The molecule has 0 saturated carbocycles. The molecule has 0 aliphatic heterocycles. The first-order chi connectivity index (χ1) is 11.5. The van der Waals surface area contributed by atoms with Crippen LogP contribution in [0.3, 0.4) is 0 Å². The lowest BCUT2D eigenvalue weighted by Crippen LogP contribution is -2.11. The molecular formula is C18H16N2O3S. The highest BCUT2D eigenvalue weighted by molar-refractivity contribution is 7.90. The van der Waals surface area contributed by atoms with Gasteiger partial charge in [0.15, 0.2) is 0 Å². The number of aldehydes is 1. The highest BCUT2D eigenvalue weighted by Gasteiger charge is 2.25. The van der Waals surface area contributed by atoms with E-state index in [0.29, 0.717) is 17.7 Å². The highest BCUT2D eigenvalue weighted by atomic mass is 32.2. The Hall–Kier alpha value is -2.73. The summed E-state index contributed by atoms with van der Waals surface area (Å²) in [5, 5.41) is -0.104. The first-order valence-electron chi connectivity index (χ1n) is 7.37. The van der Waals surface area contributed by atoms with Crippen LogP contribution in [-0.4, -0.2) is 30.5 Å². The van der Waals surface area contributed by atoms with E-state index < -0.39 is 9.84 Å². The van der Waals surface area contributed by atoms with Gasteiger partial charge in [0.05, 0.1) is 17.9 Å². The summed E-state index contributed by atoms with van der Waals surface area (Å²) in [6.45, 7) is -0.0769. The fourth-order valence-electron chi connectivity index (χ4n) is 2.65. The standard InChI is InChI=1S/C18H16N2O3S/c1-24(22,23)18-19-16(14-8-4-2-5-9-14)17(20(18)12-13-21)15-10-6-3-7-11-15/h2-11,13H,12H2,1H3. The number of hydrogen-bond acceptors (Lipinski definition) is 4. The lowest BCUT2D eigenvalue weighted by molar-refractivity contribution is -0.108. The molecule has 0 bridgehead atoms. The summed E-state index contributed by atoms with van der Waals surface area (Å²) in [5.74, 6) is 0. The Morgan fingerprint density at radius 1 is 0.958 bits per heavy atom. The fourth-order valence-corrected chi connectivity index (χ4v) is 3.47. The number of aromatic nitrogens is 2. The predicted molar refractivity (Wildman–Crippen MR) is 92.3 cm³/mol. The summed E-state index contributed by atoms with van der Waals surface area (Å²) in [5.41, 5.74) is 2.77. The molecule has 3 aromatic rings. The molecular weight excluding hydrogens is 324 g/mol. The third kappa shape index (κ3) is 3.00. The Balaban J connectivity index is 2.38. The van der Waals surface area contributed by atoms with Crippen molar-refractivity contribution in [3.63, 3.8) is 0 Å². The Bertz CT molecular complexity index is 962. The molecule has 0 spiro atoms. The van der Waals surface area contributed by atoms with Crippen LogP contribution in [-0.2, 0) is 21.2 Å². The van der Waals surface area contributed by atoms with E-state index in [-0.39, 0.29) is 11.7 Å². The smallest absolute Gasteiger partial charge is 0.228 e. The molecule has 6 heteroatoms. The van der Waals surface area contributed by atoms with E-state index in [1.54, 1.807) is 0 Å². The van der Waals surface area contributed by atoms with E-state index in [0.717, 1.165) is 17.4 Å². The molecule has 0 aliphatic rings. The van der Waals surface area contributed by atoms with Gasteiger partial charge in [0.25, 0.3) is 0 Å². The number of nitrogens with zero attached hydrogens (tertiary/aromatic N) is 2. The molecule has 0 unspecified atom stereocenters. The molecule has 3 rings (SSSR count). The molecule has 1 aromatic heterocycles. The number of imidazole rings is 1. The van der Waals surface area contributed by atoms with Crippen LogP contribution in [0, 0.1) is 0 Å². The van der Waals surface area contributed by atoms with E-state index in [9.17, 15) is 13.2 Å². The van der Waals surface area contributed by atoms with Crippen molar-refractivity contribution in [1.82, 2.24) is 9.55 Å². The largest absolute Gasteiger partial charge is 0.307 e. The lowest BCUT2D eigenvalue weighted by Gasteiger charge is -2.09. The summed E-state index contributed by atoms with van der Waals surface area (Å²) in [7, 11) is -3.58. The van der Waals surface area contributed by atoms with Crippen molar-refractivity contribution in [3.05, 3.63) is 60.7 Å². The molecule has 0 radical (unpaired) electrons. The molecule has 1 heterocycles. The molecule has 0 aliphatic carbocycles. The maximum Gasteiger partial charge on any atom is 0.228 e. The molecule has 0 atom stereocenters. The number of sulfone groups is 1. The predicted octanol–water partition coefficient (Wildman–Crippen LogP) is 2.82. The molecule has 122 valence electrons. The van der Waals surface area contributed by atoms with E-state index in [1.165, 1.54) is 4.57 Å². The number of rotatable bonds is 5. The van der Waals surface area contributed by atoms with Gasteiger partial charge in [-0.15, -0.1) is 0 Å². The van der Waals surface area contributed by atoms with E-state index in [1.807, 2.05) is 60.7 Å². The Morgan fingerprint density at radius 2 is 1.50 bits per heavy atom. The average molecular weight is 340 g/mol. The molecule has 5 nitrogen and oxygen atoms in total. The fraction of sp³-hybridized carbons (Fsp3) is 0.111. The lowest BCUT2D eigenvalue weighted by atomic mass is 10.0. The number of carbonyl (C=O) groups excluding carboxylic acids is 1. The van der Waals surface area contributed by atoms with Gasteiger partial charge in [0.2, 0.25) is 15.0 Å². The quantitative estimate of drug-likeness (QED) is 0.670. The Labute approximate surface area is 140 Å². The SMILES string of the molecule is CS(=O)(=O)c1nc(-c2ccccc2)c(-c2ccccc2)n1CC=O. The van der Waals surface area contributed by atoms with Gasteiger partial charge in [-0.2, -0.15) is 0 Å². The number of carbonyl (C=O) groups is 1. The second-order valence-corrected chi connectivity index (χ2v) is 7.28. The summed E-state index contributed by atoms with van der Waals surface area (Å²) in [6, 6.07) is 18.7. The minimum absolute atomic E-state index is 0.0769. The maximum absolute atomic E-state index is 12.2. The Morgan fingerprint density at radius 3 is 2.00 bits per heavy atom. The van der Waals surface area contributed by atoms with Gasteiger partial charge in [0, 0.05) is 17.4 Å². The molecule has 24 heavy (non-hydrogen) atoms. The van der Waals surface area contributed by atoms with Gasteiger partial charge in [-0.1, -0.05) is 60.7 Å². The van der Waals surface area contributed by atoms with Gasteiger partial charge in [-0.05, 0) is 0 Å². The third-order valence-electron chi connectivity index (χ3n) is 3.62. The molecule has 0 amide bonds. The highest BCUT2D eigenvalue weighted by Crippen LogP contribution is 2.33.